The molecule has 0 bridgehead atoms. The number of rotatable bonds is 3. The molecule has 0 N–H and O–H groups in total. The van der Waals surface area contributed by atoms with Crippen LogP contribution in [0.4, 0.5) is 0 Å². The second kappa shape index (κ2) is 6.33. The fourth-order valence-electron chi connectivity index (χ4n) is 3.13. The van der Waals surface area contributed by atoms with Crippen molar-refractivity contribution in [3.8, 4) is 5.69 Å². The first kappa shape index (κ1) is 17.7. The molecule has 0 saturated carbocycles. The summed E-state index contributed by atoms with van der Waals surface area (Å²) < 4.78 is 26.4. The van der Waals surface area contributed by atoms with Crippen molar-refractivity contribution in [3.63, 3.8) is 0 Å². The number of carbonyl (C=O) groups excluding carboxylic acids is 1. The summed E-state index contributed by atoms with van der Waals surface area (Å²) in [6.45, 7) is 5.91. The normalized spacial score (nSPS) is 18.5. The maximum Gasteiger partial charge on any atom is 0.253 e. The third-order valence-electron chi connectivity index (χ3n) is 4.74. The van der Waals surface area contributed by atoms with Gasteiger partial charge in [-0.15, -0.1) is 0 Å². The van der Waals surface area contributed by atoms with Crippen molar-refractivity contribution in [3.05, 3.63) is 54.4 Å². The summed E-state index contributed by atoms with van der Waals surface area (Å²) in [5, 5.41) is -0.476. The zero-order valence-electron chi connectivity index (χ0n) is 14.8. The van der Waals surface area contributed by atoms with Gasteiger partial charge in [-0.05, 0) is 63.6 Å². The predicted molar refractivity (Wildman–Crippen MR) is 98.8 cm³/mol. The Morgan fingerprint density at radius 2 is 1.68 bits per heavy atom. The largest absolute Gasteiger partial charge is 0.337 e. The number of carbonyl (C=O) groups is 1. The molecule has 1 atom stereocenters. The van der Waals surface area contributed by atoms with Crippen LogP contribution in [0.3, 0.4) is 0 Å². The second-order valence-electron chi connectivity index (χ2n) is 7.46. The molecule has 6 heteroatoms. The number of sulfone groups is 1. The van der Waals surface area contributed by atoms with Crippen LogP contribution in [0.5, 0.6) is 0 Å². The highest BCUT2D eigenvalue weighted by Crippen LogP contribution is 2.28. The van der Waals surface area contributed by atoms with Gasteiger partial charge >= 0.3 is 0 Å². The highest BCUT2D eigenvalue weighted by Gasteiger charge is 2.41. The summed E-state index contributed by atoms with van der Waals surface area (Å²) in [6, 6.07) is 11.3. The molecule has 25 heavy (non-hydrogen) atoms. The number of aromatic nitrogens is 1. The zero-order chi connectivity index (χ0) is 18.2. The quantitative estimate of drug-likeness (QED) is 0.846. The van der Waals surface area contributed by atoms with Crippen LogP contribution in [0.15, 0.2) is 48.8 Å². The summed E-state index contributed by atoms with van der Waals surface area (Å²) in [4.78, 5) is 14.3. The van der Waals surface area contributed by atoms with Crippen LogP contribution in [0.25, 0.3) is 5.69 Å². The van der Waals surface area contributed by atoms with Gasteiger partial charge in [-0.3, -0.25) is 4.79 Å². The molecule has 5 nitrogen and oxygen atoms in total. The van der Waals surface area contributed by atoms with E-state index in [0.29, 0.717) is 18.5 Å². The fourth-order valence-corrected chi connectivity index (χ4v) is 4.92. The summed E-state index contributed by atoms with van der Waals surface area (Å²) >= 11 is 0. The monoisotopic (exact) mass is 360 g/mol. The molecule has 1 fully saturated rings. The smallest absolute Gasteiger partial charge is 0.253 e. The average molecular weight is 360 g/mol. The van der Waals surface area contributed by atoms with E-state index in [4.69, 9.17) is 0 Å². The van der Waals surface area contributed by atoms with Crippen molar-refractivity contribution in [2.24, 2.45) is 0 Å². The lowest BCUT2D eigenvalue weighted by Gasteiger charge is -2.24. The van der Waals surface area contributed by atoms with Crippen LogP contribution in [-0.2, 0) is 9.84 Å². The van der Waals surface area contributed by atoms with Gasteiger partial charge in [0.25, 0.3) is 5.91 Å². The lowest BCUT2D eigenvalue weighted by Crippen LogP contribution is -2.39. The molecule has 1 saturated heterocycles. The van der Waals surface area contributed by atoms with Crippen LogP contribution in [-0.4, -0.2) is 46.9 Å². The minimum Gasteiger partial charge on any atom is -0.337 e. The van der Waals surface area contributed by atoms with E-state index >= 15 is 0 Å². The Kier molecular flexibility index (Phi) is 4.49. The molecule has 1 aromatic heterocycles. The third kappa shape index (κ3) is 3.35. The molecular formula is C19H24N2O3S. The number of benzene rings is 1. The SMILES string of the molecule is CC(C)(C)S(=O)(=O)C1CCN(C(=O)c2ccc(-n3cccc3)cc2)C1. The Morgan fingerprint density at radius 3 is 2.24 bits per heavy atom. The average Bonchev–Trinajstić information content (AvgIpc) is 3.25. The van der Waals surface area contributed by atoms with Crippen molar-refractivity contribution in [1.82, 2.24) is 9.47 Å². The van der Waals surface area contributed by atoms with Crippen LogP contribution in [0.2, 0.25) is 0 Å². The van der Waals surface area contributed by atoms with Gasteiger partial charge in [-0.25, -0.2) is 8.42 Å². The molecule has 1 amide bonds. The Morgan fingerprint density at radius 1 is 1.08 bits per heavy atom. The van der Waals surface area contributed by atoms with Crippen molar-refractivity contribution in [2.75, 3.05) is 13.1 Å². The van der Waals surface area contributed by atoms with Gasteiger partial charge in [0.05, 0.1) is 10.00 Å². The van der Waals surface area contributed by atoms with Gasteiger partial charge in [0.15, 0.2) is 9.84 Å². The Labute approximate surface area is 149 Å². The summed E-state index contributed by atoms with van der Waals surface area (Å²) in [5.74, 6) is -0.106. The Balaban J connectivity index is 1.72. The molecule has 1 unspecified atom stereocenters. The van der Waals surface area contributed by atoms with E-state index in [1.165, 1.54) is 0 Å². The van der Waals surface area contributed by atoms with Crippen molar-refractivity contribution < 1.29 is 13.2 Å². The second-order valence-corrected chi connectivity index (χ2v) is 10.4. The standard InChI is InChI=1S/C19H24N2O3S/c1-19(2,3)25(23,24)17-10-13-21(14-17)18(22)15-6-8-16(9-7-15)20-11-4-5-12-20/h4-9,11-12,17H,10,13-14H2,1-3H3. The zero-order valence-corrected chi connectivity index (χ0v) is 15.7. The van der Waals surface area contributed by atoms with Gasteiger partial charge in [0.1, 0.15) is 0 Å². The molecule has 0 aliphatic carbocycles. The Hall–Kier alpha value is -2.08. The van der Waals surface area contributed by atoms with E-state index in [1.54, 1.807) is 37.8 Å². The molecular weight excluding hydrogens is 336 g/mol. The first-order valence-electron chi connectivity index (χ1n) is 8.46. The molecule has 134 valence electrons. The van der Waals surface area contributed by atoms with Crippen molar-refractivity contribution in [2.45, 2.75) is 37.2 Å². The first-order chi connectivity index (χ1) is 11.7. The molecule has 0 radical (unpaired) electrons. The summed E-state index contributed by atoms with van der Waals surface area (Å²) in [7, 11) is -3.26. The number of amides is 1. The minimum atomic E-state index is -3.26. The van der Waals surface area contributed by atoms with Crippen LogP contribution < -0.4 is 0 Å². The Bertz CT molecular complexity index is 847. The van der Waals surface area contributed by atoms with Crippen LogP contribution in [0.1, 0.15) is 37.6 Å². The topological polar surface area (TPSA) is 59.4 Å². The molecule has 1 aliphatic heterocycles. The highest BCUT2D eigenvalue weighted by atomic mass is 32.2. The van der Waals surface area contributed by atoms with Gasteiger partial charge < -0.3 is 9.47 Å². The predicted octanol–water partition coefficient (Wildman–Crippen LogP) is 2.91. The van der Waals surface area contributed by atoms with E-state index in [1.807, 2.05) is 41.2 Å². The fraction of sp³-hybridized carbons (Fsp3) is 0.421. The van der Waals surface area contributed by atoms with Gasteiger partial charge in [-0.1, -0.05) is 0 Å². The van der Waals surface area contributed by atoms with E-state index in [-0.39, 0.29) is 12.5 Å². The molecule has 2 heterocycles. The maximum atomic E-state index is 12.7. The van der Waals surface area contributed by atoms with Crippen LogP contribution >= 0.6 is 0 Å². The first-order valence-corrected chi connectivity index (χ1v) is 10.0. The summed E-state index contributed by atoms with van der Waals surface area (Å²) in [5.41, 5.74) is 1.57. The minimum absolute atomic E-state index is 0.106. The van der Waals surface area contributed by atoms with Crippen molar-refractivity contribution >= 4 is 15.7 Å². The molecule has 0 spiro atoms. The molecule has 3 rings (SSSR count). The number of hydrogen-bond donors (Lipinski definition) is 0. The van der Waals surface area contributed by atoms with Gasteiger partial charge in [0.2, 0.25) is 0 Å². The molecule has 1 aromatic carbocycles. The van der Waals surface area contributed by atoms with E-state index in [2.05, 4.69) is 0 Å². The number of nitrogens with zero attached hydrogens (tertiary/aromatic N) is 2. The van der Waals surface area contributed by atoms with E-state index in [0.717, 1.165) is 5.69 Å². The third-order valence-corrected chi connectivity index (χ3v) is 7.71. The summed E-state index contributed by atoms with van der Waals surface area (Å²) in [6.07, 6.45) is 4.39. The highest BCUT2D eigenvalue weighted by molar-refractivity contribution is 7.93. The van der Waals surface area contributed by atoms with Crippen molar-refractivity contribution in [1.29, 1.82) is 0 Å². The van der Waals surface area contributed by atoms with E-state index in [9.17, 15) is 13.2 Å². The molecule has 1 aliphatic rings. The number of hydrogen-bond acceptors (Lipinski definition) is 3. The lowest BCUT2D eigenvalue weighted by molar-refractivity contribution is 0.0793. The van der Waals surface area contributed by atoms with E-state index < -0.39 is 19.8 Å². The van der Waals surface area contributed by atoms with Crippen LogP contribution in [0, 0.1) is 0 Å². The lowest BCUT2D eigenvalue weighted by atomic mass is 10.2. The maximum absolute atomic E-state index is 12.7. The molecule has 2 aromatic rings. The van der Waals surface area contributed by atoms with Gasteiger partial charge in [0, 0.05) is 36.7 Å². The van der Waals surface area contributed by atoms with Gasteiger partial charge in [-0.2, -0.15) is 0 Å². The number of likely N-dealkylation sites (tertiary alicyclic amines) is 1.